The molecule has 0 atom stereocenters. The van der Waals surface area contributed by atoms with E-state index >= 15 is 0 Å². The van der Waals surface area contributed by atoms with E-state index in [1.165, 1.54) is 48.8 Å². The number of rotatable bonds is 4. The summed E-state index contributed by atoms with van der Waals surface area (Å²) in [5, 5.41) is 0. The third kappa shape index (κ3) is 3.69. The molecule has 0 spiro atoms. The Morgan fingerprint density at radius 3 is 2.61 bits per heavy atom. The standard InChI is InChI=1S/C17H24O/c1-13-8-9-14(2)16(10-13)12-17(18)11-15-6-4-3-5-7-15/h8-10,15H,3-7,11-12H2,1-2H3. The van der Waals surface area contributed by atoms with E-state index in [2.05, 4.69) is 32.0 Å². The summed E-state index contributed by atoms with van der Waals surface area (Å²) in [6, 6.07) is 6.40. The maximum atomic E-state index is 12.1. The van der Waals surface area contributed by atoms with Crippen LogP contribution in [-0.4, -0.2) is 5.78 Å². The number of carbonyl (C=O) groups excluding carboxylic acids is 1. The lowest BCUT2D eigenvalue weighted by molar-refractivity contribution is -0.119. The number of ketones is 1. The first-order valence-corrected chi connectivity index (χ1v) is 7.23. The van der Waals surface area contributed by atoms with Crippen molar-refractivity contribution >= 4 is 5.78 Å². The molecule has 1 nitrogen and oxygen atoms in total. The van der Waals surface area contributed by atoms with Gasteiger partial charge in [0.1, 0.15) is 5.78 Å². The van der Waals surface area contributed by atoms with Gasteiger partial charge in [0, 0.05) is 12.8 Å². The van der Waals surface area contributed by atoms with Crippen molar-refractivity contribution in [3.8, 4) is 0 Å². The SMILES string of the molecule is Cc1ccc(C)c(CC(=O)CC2CCCCC2)c1. The first kappa shape index (κ1) is 13.3. The normalized spacial score (nSPS) is 16.8. The number of Topliss-reactive ketones (excluding diaryl/α,β-unsaturated/α-hetero) is 1. The van der Waals surface area contributed by atoms with Crippen molar-refractivity contribution in [2.75, 3.05) is 0 Å². The van der Waals surface area contributed by atoms with Crippen LogP contribution in [0.1, 0.15) is 55.2 Å². The number of aryl methyl sites for hydroxylation is 2. The van der Waals surface area contributed by atoms with Crippen molar-refractivity contribution in [3.05, 3.63) is 34.9 Å². The Labute approximate surface area is 111 Å². The largest absolute Gasteiger partial charge is 0.299 e. The summed E-state index contributed by atoms with van der Waals surface area (Å²) in [5.74, 6) is 1.09. The molecule has 0 N–H and O–H groups in total. The fourth-order valence-electron chi connectivity index (χ4n) is 2.99. The van der Waals surface area contributed by atoms with Crippen LogP contribution in [0.15, 0.2) is 18.2 Å². The van der Waals surface area contributed by atoms with Gasteiger partial charge in [0.05, 0.1) is 0 Å². The second kappa shape index (κ2) is 6.17. The highest BCUT2D eigenvalue weighted by atomic mass is 16.1. The van der Waals surface area contributed by atoms with E-state index in [9.17, 15) is 4.79 Å². The molecule has 98 valence electrons. The van der Waals surface area contributed by atoms with E-state index < -0.39 is 0 Å². The van der Waals surface area contributed by atoms with Crippen molar-refractivity contribution in [1.82, 2.24) is 0 Å². The number of benzene rings is 1. The van der Waals surface area contributed by atoms with Crippen LogP contribution in [-0.2, 0) is 11.2 Å². The van der Waals surface area contributed by atoms with Gasteiger partial charge in [-0.3, -0.25) is 4.79 Å². The quantitative estimate of drug-likeness (QED) is 0.768. The molecule has 0 saturated heterocycles. The average Bonchev–Trinajstić information content (AvgIpc) is 2.35. The summed E-state index contributed by atoms with van der Waals surface area (Å²) in [6.07, 6.45) is 7.96. The van der Waals surface area contributed by atoms with Gasteiger partial charge in [-0.1, -0.05) is 55.9 Å². The summed E-state index contributed by atoms with van der Waals surface area (Å²) in [6.45, 7) is 4.19. The molecule has 1 aliphatic rings. The highest BCUT2D eigenvalue weighted by Crippen LogP contribution is 2.27. The monoisotopic (exact) mass is 244 g/mol. The Bertz CT molecular complexity index is 414. The van der Waals surface area contributed by atoms with Gasteiger partial charge in [-0.15, -0.1) is 0 Å². The molecule has 0 aromatic heterocycles. The van der Waals surface area contributed by atoms with E-state index in [0.717, 1.165) is 6.42 Å². The molecule has 0 amide bonds. The Morgan fingerprint density at radius 1 is 1.17 bits per heavy atom. The summed E-state index contributed by atoms with van der Waals surface area (Å²) >= 11 is 0. The minimum atomic E-state index is 0.426. The molecule has 0 heterocycles. The predicted octanol–water partition coefficient (Wildman–Crippen LogP) is 4.39. The minimum absolute atomic E-state index is 0.426. The molecular formula is C17H24O. The topological polar surface area (TPSA) is 17.1 Å². The second-order valence-electron chi connectivity index (χ2n) is 5.85. The molecule has 0 bridgehead atoms. The van der Waals surface area contributed by atoms with E-state index in [4.69, 9.17) is 0 Å². The van der Waals surface area contributed by atoms with Crippen molar-refractivity contribution < 1.29 is 4.79 Å². The van der Waals surface area contributed by atoms with Crippen LogP contribution in [0, 0.1) is 19.8 Å². The minimum Gasteiger partial charge on any atom is -0.299 e. The molecule has 2 rings (SSSR count). The van der Waals surface area contributed by atoms with Gasteiger partial charge in [0.25, 0.3) is 0 Å². The van der Waals surface area contributed by atoms with Gasteiger partial charge in [-0.25, -0.2) is 0 Å². The van der Waals surface area contributed by atoms with Gasteiger partial charge in [0.2, 0.25) is 0 Å². The average molecular weight is 244 g/mol. The van der Waals surface area contributed by atoms with Crippen molar-refractivity contribution in [2.24, 2.45) is 5.92 Å². The summed E-state index contributed by atoms with van der Waals surface area (Å²) in [7, 11) is 0. The Morgan fingerprint density at radius 2 is 1.89 bits per heavy atom. The summed E-state index contributed by atoms with van der Waals surface area (Å²) in [5.41, 5.74) is 3.72. The van der Waals surface area contributed by atoms with Gasteiger partial charge in [-0.2, -0.15) is 0 Å². The van der Waals surface area contributed by atoms with Crippen LogP contribution in [0.5, 0.6) is 0 Å². The van der Waals surface area contributed by atoms with E-state index in [0.29, 0.717) is 18.1 Å². The molecular weight excluding hydrogens is 220 g/mol. The van der Waals surface area contributed by atoms with E-state index in [1.54, 1.807) is 0 Å². The predicted molar refractivity (Wildman–Crippen MR) is 75.8 cm³/mol. The summed E-state index contributed by atoms with van der Waals surface area (Å²) in [4.78, 5) is 12.1. The van der Waals surface area contributed by atoms with Crippen LogP contribution in [0.4, 0.5) is 0 Å². The van der Waals surface area contributed by atoms with Gasteiger partial charge in [-0.05, 0) is 30.9 Å². The van der Waals surface area contributed by atoms with Crippen molar-refractivity contribution in [3.63, 3.8) is 0 Å². The first-order valence-electron chi connectivity index (χ1n) is 7.23. The van der Waals surface area contributed by atoms with Gasteiger partial charge in [0.15, 0.2) is 0 Å². The lowest BCUT2D eigenvalue weighted by Gasteiger charge is -2.20. The van der Waals surface area contributed by atoms with Gasteiger partial charge < -0.3 is 0 Å². The zero-order chi connectivity index (χ0) is 13.0. The van der Waals surface area contributed by atoms with Crippen molar-refractivity contribution in [2.45, 2.75) is 58.8 Å². The van der Waals surface area contributed by atoms with Crippen LogP contribution >= 0.6 is 0 Å². The molecule has 1 fully saturated rings. The smallest absolute Gasteiger partial charge is 0.137 e. The van der Waals surface area contributed by atoms with Crippen LogP contribution in [0.3, 0.4) is 0 Å². The zero-order valence-corrected chi connectivity index (χ0v) is 11.7. The highest BCUT2D eigenvalue weighted by molar-refractivity contribution is 5.81. The lowest BCUT2D eigenvalue weighted by atomic mass is 9.84. The molecule has 0 aliphatic heterocycles. The van der Waals surface area contributed by atoms with Crippen LogP contribution < -0.4 is 0 Å². The number of carbonyl (C=O) groups is 1. The number of hydrogen-bond acceptors (Lipinski definition) is 1. The highest BCUT2D eigenvalue weighted by Gasteiger charge is 2.17. The molecule has 0 radical (unpaired) electrons. The zero-order valence-electron chi connectivity index (χ0n) is 11.7. The molecule has 18 heavy (non-hydrogen) atoms. The maximum absolute atomic E-state index is 12.1. The van der Waals surface area contributed by atoms with Crippen LogP contribution in [0.25, 0.3) is 0 Å². The molecule has 1 aromatic rings. The van der Waals surface area contributed by atoms with E-state index in [-0.39, 0.29) is 0 Å². The molecule has 1 heteroatoms. The molecule has 1 aromatic carbocycles. The Balaban J connectivity index is 1.92. The second-order valence-corrected chi connectivity index (χ2v) is 5.85. The van der Waals surface area contributed by atoms with Gasteiger partial charge >= 0.3 is 0 Å². The van der Waals surface area contributed by atoms with E-state index in [1.807, 2.05) is 0 Å². The fraction of sp³-hybridized carbons (Fsp3) is 0.588. The van der Waals surface area contributed by atoms with Crippen LogP contribution in [0.2, 0.25) is 0 Å². The Hall–Kier alpha value is -1.11. The van der Waals surface area contributed by atoms with Crippen molar-refractivity contribution in [1.29, 1.82) is 0 Å². The third-order valence-corrected chi connectivity index (χ3v) is 4.13. The third-order valence-electron chi connectivity index (χ3n) is 4.13. The summed E-state index contributed by atoms with van der Waals surface area (Å²) < 4.78 is 0. The molecule has 1 aliphatic carbocycles. The molecule has 0 unspecified atom stereocenters. The Kier molecular flexibility index (Phi) is 4.57. The first-order chi connectivity index (χ1) is 8.65. The maximum Gasteiger partial charge on any atom is 0.137 e. The molecule has 1 saturated carbocycles. The number of hydrogen-bond donors (Lipinski definition) is 0. The fourth-order valence-corrected chi connectivity index (χ4v) is 2.99. The lowest BCUT2D eigenvalue weighted by Crippen LogP contribution is -2.14.